The number of carbonyl (C=O) groups excluding carboxylic acids is 1. The maximum atomic E-state index is 12.2. The molecule has 0 heterocycles. The van der Waals surface area contributed by atoms with Crippen molar-refractivity contribution in [1.29, 1.82) is 0 Å². The van der Waals surface area contributed by atoms with Crippen LogP contribution in [-0.4, -0.2) is 30.3 Å². The average Bonchev–Trinajstić information content (AvgIpc) is 3.09. The maximum absolute atomic E-state index is 12.2. The van der Waals surface area contributed by atoms with E-state index < -0.39 is 12.1 Å². The number of benzene rings is 3. The quantitative estimate of drug-likeness (QED) is 0.579. The number of ether oxygens (including phenoxy) is 1. The van der Waals surface area contributed by atoms with Crippen molar-refractivity contribution in [2.45, 2.75) is 12.8 Å². The van der Waals surface area contributed by atoms with Gasteiger partial charge in [-0.3, -0.25) is 0 Å². The number of carbonyl (C=O) groups is 2. The first-order chi connectivity index (χ1) is 15.1. The third-order valence-corrected chi connectivity index (χ3v) is 5.55. The van der Waals surface area contributed by atoms with Crippen LogP contribution in [0.3, 0.4) is 0 Å². The van der Waals surface area contributed by atoms with E-state index in [-0.39, 0.29) is 24.6 Å². The van der Waals surface area contributed by atoms with Crippen molar-refractivity contribution in [1.82, 2.24) is 5.32 Å². The Hall–Kier alpha value is -3.86. The molecule has 3 aromatic carbocycles. The third-order valence-electron chi connectivity index (χ3n) is 5.55. The molecule has 31 heavy (non-hydrogen) atoms. The number of carboxylic acids is 1. The fraction of sp³-hybridized carbons (Fsp3) is 0.154. The molecule has 0 fully saturated rings. The standard InChI is InChI=1S/C26H23NO4/c1-17-8-6-13-23(25(28)29)18(17)14-7-15-27-26(30)31-16-24-21-11-4-2-9-19(21)20-10-3-5-12-22(20)24/h2-14,24H,15-16H2,1H3,(H,27,30)(H,28,29). The van der Waals surface area contributed by atoms with E-state index in [0.29, 0.717) is 5.56 Å². The van der Waals surface area contributed by atoms with Crippen LogP contribution in [0.25, 0.3) is 17.2 Å². The van der Waals surface area contributed by atoms with Gasteiger partial charge in [-0.2, -0.15) is 0 Å². The second-order valence-electron chi connectivity index (χ2n) is 7.45. The van der Waals surface area contributed by atoms with Crippen LogP contribution in [0.1, 0.15) is 38.5 Å². The summed E-state index contributed by atoms with van der Waals surface area (Å²) < 4.78 is 5.50. The molecule has 3 aromatic rings. The summed E-state index contributed by atoms with van der Waals surface area (Å²) in [6.45, 7) is 2.35. The summed E-state index contributed by atoms with van der Waals surface area (Å²) >= 11 is 0. The van der Waals surface area contributed by atoms with Gasteiger partial charge in [-0.1, -0.05) is 72.8 Å². The predicted octanol–water partition coefficient (Wildman–Crippen LogP) is 5.25. The Labute approximate surface area is 181 Å². The molecule has 2 N–H and O–H groups in total. The Bertz CT molecular complexity index is 1120. The van der Waals surface area contributed by atoms with Crippen LogP contribution < -0.4 is 5.32 Å². The monoisotopic (exact) mass is 413 g/mol. The minimum atomic E-state index is -0.979. The second-order valence-corrected chi connectivity index (χ2v) is 7.45. The van der Waals surface area contributed by atoms with Crippen molar-refractivity contribution in [2.75, 3.05) is 13.2 Å². The molecule has 5 heteroatoms. The zero-order valence-electron chi connectivity index (χ0n) is 17.2. The van der Waals surface area contributed by atoms with Gasteiger partial charge in [-0.25, -0.2) is 9.59 Å². The fourth-order valence-corrected chi connectivity index (χ4v) is 4.06. The molecule has 0 saturated heterocycles. The van der Waals surface area contributed by atoms with Gasteiger partial charge in [0.15, 0.2) is 0 Å². The van der Waals surface area contributed by atoms with Gasteiger partial charge in [0.25, 0.3) is 0 Å². The number of hydrogen-bond donors (Lipinski definition) is 2. The van der Waals surface area contributed by atoms with Crippen molar-refractivity contribution < 1.29 is 19.4 Å². The maximum Gasteiger partial charge on any atom is 0.407 e. The van der Waals surface area contributed by atoms with Crippen molar-refractivity contribution in [3.63, 3.8) is 0 Å². The van der Waals surface area contributed by atoms with Crippen LogP contribution in [0.4, 0.5) is 4.79 Å². The first-order valence-corrected chi connectivity index (χ1v) is 10.1. The number of nitrogens with one attached hydrogen (secondary N) is 1. The van der Waals surface area contributed by atoms with Crippen LogP contribution in [0.15, 0.2) is 72.8 Å². The molecule has 0 atom stereocenters. The summed E-state index contributed by atoms with van der Waals surface area (Å²) in [6.07, 6.45) is 2.92. The molecule has 156 valence electrons. The highest BCUT2D eigenvalue weighted by Gasteiger charge is 2.28. The zero-order valence-corrected chi connectivity index (χ0v) is 17.2. The van der Waals surface area contributed by atoms with E-state index in [0.717, 1.165) is 16.7 Å². The molecule has 1 amide bonds. The highest BCUT2D eigenvalue weighted by molar-refractivity contribution is 5.92. The van der Waals surface area contributed by atoms with Gasteiger partial charge in [0.2, 0.25) is 0 Å². The smallest absolute Gasteiger partial charge is 0.407 e. The molecule has 0 aliphatic heterocycles. The second kappa shape index (κ2) is 8.88. The Kier molecular flexibility index (Phi) is 5.85. The number of aryl methyl sites for hydroxylation is 1. The Morgan fingerprint density at radius 1 is 0.968 bits per heavy atom. The lowest BCUT2D eigenvalue weighted by Crippen LogP contribution is -2.26. The van der Waals surface area contributed by atoms with Gasteiger partial charge in [0, 0.05) is 12.5 Å². The lowest BCUT2D eigenvalue weighted by Gasteiger charge is -2.14. The van der Waals surface area contributed by atoms with Crippen LogP contribution >= 0.6 is 0 Å². The van der Waals surface area contributed by atoms with Crippen LogP contribution in [-0.2, 0) is 4.74 Å². The highest BCUT2D eigenvalue weighted by atomic mass is 16.5. The fourth-order valence-electron chi connectivity index (χ4n) is 4.06. The first-order valence-electron chi connectivity index (χ1n) is 10.1. The zero-order chi connectivity index (χ0) is 21.8. The third kappa shape index (κ3) is 4.21. The molecule has 0 saturated carbocycles. The molecule has 5 nitrogen and oxygen atoms in total. The molecule has 0 radical (unpaired) electrons. The Morgan fingerprint density at radius 2 is 1.61 bits per heavy atom. The van der Waals surface area contributed by atoms with Crippen LogP contribution in [0, 0.1) is 6.92 Å². The number of hydrogen-bond acceptors (Lipinski definition) is 3. The summed E-state index contributed by atoms with van der Waals surface area (Å²) in [5, 5.41) is 12.0. The summed E-state index contributed by atoms with van der Waals surface area (Å²) in [6, 6.07) is 21.5. The Morgan fingerprint density at radius 3 is 2.26 bits per heavy atom. The van der Waals surface area contributed by atoms with Gasteiger partial charge in [0.05, 0.1) is 5.56 Å². The Balaban J connectivity index is 1.36. The van der Waals surface area contributed by atoms with Crippen molar-refractivity contribution in [3.8, 4) is 11.1 Å². The number of amides is 1. The normalized spacial score (nSPS) is 12.4. The van der Waals surface area contributed by atoms with E-state index in [1.54, 1.807) is 24.3 Å². The van der Waals surface area contributed by atoms with E-state index in [9.17, 15) is 14.7 Å². The largest absolute Gasteiger partial charge is 0.478 e. The number of aromatic carboxylic acids is 1. The molecule has 0 bridgehead atoms. The van der Waals surface area contributed by atoms with Gasteiger partial charge < -0.3 is 15.2 Å². The topological polar surface area (TPSA) is 75.6 Å². The molecule has 0 aromatic heterocycles. The van der Waals surface area contributed by atoms with Crippen molar-refractivity contribution in [3.05, 3.63) is 101 Å². The molecule has 0 unspecified atom stereocenters. The summed E-state index contributed by atoms with van der Waals surface area (Å²) in [7, 11) is 0. The van der Waals surface area contributed by atoms with Crippen molar-refractivity contribution >= 4 is 18.1 Å². The molecule has 1 aliphatic rings. The lowest BCUT2D eigenvalue weighted by atomic mass is 9.98. The molecular formula is C26H23NO4. The summed E-state index contributed by atoms with van der Waals surface area (Å²) in [5.41, 5.74) is 6.42. The van der Waals surface area contributed by atoms with E-state index in [2.05, 4.69) is 29.6 Å². The van der Waals surface area contributed by atoms with Gasteiger partial charge >= 0.3 is 12.1 Å². The first kappa shape index (κ1) is 20.4. The SMILES string of the molecule is Cc1cccc(C(=O)O)c1C=CCNC(=O)OCC1c2ccccc2-c2ccccc21. The predicted molar refractivity (Wildman–Crippen MR) is 120 cm³/mol. The molecule has 4 rings (SSSR count). The van der Waals surface area contributed by atoms with E-state index in [1.165, 1.54) is 11.1 Å². The number of alkyl carbamates (subject to hydrolysis) is 1. The summed E-state index contributed by atoms with van der Waals surface area (Å²) in [4.78, 5) is 23.6. The molecule has 0 spiro atoms. The van der Waals surface area contributed by atoms with E-state index in [4.69, 9.17) is 4.74 Å². The van der Waals surface area contributed by atoms with Gasteiger partial charge in [-0.15, -0.1) is 0 Å². The van der Waals surface area contributed by atoms with Gasteiger partial charge in [-0.05, 0) is 46.4 Å². The number of carboxylic acid groups (broad SMARTS) is 1. The molecule has 1 aliphatic carbocycles. The minimum Gasteiger partial charge on any atom is -0.478 e. The molecular weight excluding hydrogens is 390 g/mol. The van der Waals surface area contributed by atoms with Crippen molar-refractivity contribution in [2.24, 2.45) is 0 Å². The van der Waals surface area contributed by atoms with E-state index in [1.807, 2.05) is 37.3 Å². The minimum absolute atomic E-state index is 0.0128. The average molecular weight is 413 g/mol. The lowest BCUT2D eigenvalue weighted by molar-refractivity contribution is 0.0696. The number of fused-ring (bicyclic) bond motifs is 3. The highest BCUT2D eigenvalue weighted by Crippen LogP contribution is 2.44. The number of rotatable bonds is 6. The van der Waals surface area contributed by atoms with Crippen LogP contribution in [0.5, 0.6) is 0 Å². The summed E-state index contributed by atoms with van der Waals surface area (Å²) in [5.74, 6) is -0.966. The van der Waals surface area contributed by atoms with E-state index >= 15 is 0 Å². The van der Waals surface area contributed by atoms with Gasteiger partial charge in [0.1, 0.15) is 6.61 Å². The van der Waals surface area contributed by atoms with Crippen LogP contribution in [0.2, 0.25) is 0 Å².